The number of hydrogen-bond donors (Lipinski definition) is 0. The van der Waals surface area contributed by atoms with Gasteiger partial charge in [0.25, 0.3) is 6.71 Å². The van der Waals surface area contributed by atoms with Gasteiger partial charge in [-0.15, -0.1) is 0 Å². The van der Waals surface area contributed by atoms with Gasteiger partial charge < -0.3 is 18.6 Å². The summed E-state index contributed by atoms with van der Waals surface area (Å²) in [5, 5.41) is 3.73. The number of benzene rings is 9. The molecule has 3 aliphatic rings. The first-order valence-corrected chi connectivity index (χ1v) is 27.3. The van der Waals surface area contributed by atoms with E-state index in [1.165, 1.54) is 99.4 Å². The second kappa shape index (κ2) is 16.5. The Labute approximate surface area is 445 Å². The van der Waals surface area contributed by atoms with Crippen LogP contribution in [-0.2, 0) is 5.41 Å². The summed E-state index contributed by atoms with van der Waals surface area (Å²) >= 11 is 0. The average Bonchev–Trinajstić information content (AvgIpc) is 3.78. The minimum absolute atomic E-state index is 0.0303. The van der Waals surface area contributed by atoms with Crippen LogP contribution in [0.2, 0.25) is 0 Å². The zero-order chi connectivity index (χ0) is 52.4. The van der Waals surface area contributed by atoms with E-state index >= 15 is 0 Å². The lowest BCUT2D eigenvalue weighted by atomic mass is 9.31. The Morgan fingerprint density at radius 3 is 2.00 bits per heavy atom. The predicted octanol–water partition coefficient (Wildman–Crippen LogP) is 16.4. The highest BCUT2D eigenvalue weighted by molar-refractivity contribution is 6.98. The molecular formula is C70H61BN2O3. The van der Waals surface area contributed by atoms with Crippen molar-refractivity contribution in [2.75, 3.05) is 4.90 Å². The van der Waals surface area contributed by atoms with Crippen LogP contribution in [0.3, 0.4) is 0 Å². The van der Waals surface area contributed by atoms with E-state index in [9.17, 15) is 4.79 Å². The van der Waals surface area contributed by atoms with Gasteiger partial charge in [-0.3, -0.25) is 4.79 Å². The van der Waals surface area contributed by atoms with Crippen LogP contribution in [0.4, 0.5) is 17.1 Å². The molecule has 9 aromatic carbocycles. The van der Waals surface area contributed by atoms with Gasteiger partial charge in [0.15, 0.2) is 0 Å². The number of hydrogen-bond acceptors (Lipinski definition) is 4. The lowest BCUT2D eigenvalue weighted by Crippen LogP contribution is -2.61. The average molecular weight is 989 g/mol. The van der Waals surface area contributed by atoms with Crippen LogP contribution >= 0.6 is 0 Å². The molecule has 5 nitrogen and oxygen atoms in total. The van der Waals surface area contributed by atoms with E-state index in [1.807, 2.05) is 36.4 Å². The molecule has 14 rings (SSSR count). The van der Waals surface area contributed by atoms with Gasteiger partial charge in [0.1, 0.15) is 22.7 Å². The van der Waals surface area contributed by atoms with Gasteiger partial charge in [0.05, 0.1) is 38.9 Å². The van der Waals surface area contributed by atoms with Gasteiger partial charge in [-0.05, 0) is 173 Å². The van der Waals surface area contributed by atoms with Crippen LogP contribution in [0.25, 0.3) is 60.6 Å². The summed E-state index contributed by atoms with van der Waals surface area (Å²) in [6.45, 7) is 25.4. The molecule has 1 unspecified atom stereocenters. The third-order valence-electron chi connectivity index (χ3n) is 17.5. The van der Waals surface area contributed by atoms with Crippen molar-refractivity contribution in [2.45, 2.75) is 99.3 Å². The van der Waals surface area contributed by atoms with Gasteiger partial charge in [-0.25, -0.2) is 0 Å². The van der Waals surface area contributed by atoms with Crippen molar-refractivity contribution in [3.8, 4) is 28.3 Å². The lowest BCUT2D eigenvalue weighted by Gasteiger charge is -2.43. The number of fused-ring (bicyclic) bond motifs is 11. The molecule has 1 atom stereocenters. The second-order valence-electron chi connectivity index (χ2n) is 23.5. The fourth-order valence-electron chi connectivity index (χ4n) is 14.1. The van der Waals surface area contributed by atoms with E-state index in [1.54, 1.807) is 0 Å². The highest BCUT2D eigenvalue weighted by Gasteiger charge is 2.44. The summed E-state index contributed by atoms with van der Waals surface area (Å²) in [5.74, 6) is 2.64. The molecule has 0 radical (unpaired) electrons. The smallest absolute Gasteiger partial charge is 0.252 e. The number of aryl methyl sites for hydroxylation is 4. The van der Waals surface area contributed by atoms with Crippen molar-refractivity contribution >= 4 is 83.9 Å². The summed E-state index contributed by atoms with van der Waals surface area (Å²) in [5.41, 5.74) is 26.7. The fraction of sp³-hybridized carbons (Fsp3) is 0.214. The summed E-state index contributed by atoms with van der Waals surface area (Å²) < 4.78 is 16.2. The monoisotopic (exact) mass is 988 g/mol. The second-order valence-corrected chi connectivity index (χ2v) is 23.5. The number of nitrogens with zero attached hydrogens (tertiary/aromatic N) is 2. The first-order valence-electron chi connectivity index (χ1n) is 27.3. The maximum atomic E-state index is 14.1. The standard InChI is InChI=1S/C70H61BN2O3/c1-37(2)45-31-50(38(3)4)65-51(32-45)43(9)52-35-47(73-67-41(7)27-39(5)29-53(67)54-30-40(6)28-42(8)68(54)73)36-63-66(52)71(65)57-33-44(23-25-62(57)76-63)48-18-16-21-59-64(48)70(10,11)56-19-13-14-20-58(56)72(59)46-24-26-61-55(34-46)69(74)49-17-12-15-22-60(49)75-61/h12-38,43H,1-11H3. The third-order valence-corrected chi connectivity index (χ3v) is 17.5. The molecule has 0 spiro atoms. The maximum Gasteiger partial charge on any atom is 0.252 e. The molecule has 372 valence electrons. The molecule has 76 heavy (non-hydrogen) atoms. The Morgan fingerprint density at radius 1 is 0.579 bits per heavy atom. The van der Waals surface area contributed by atoms with Crippen LogP contribution in [0.1, 0.15) is 122 Å². The molecular weight excluding hydrogens is 928 g/mol. The van der Waals surface area contributed by atoms with Crippen LogP contribution in [0, 0.1) is 27.7 Å². The summed E-state index contributed by atoms with van der Waals surface area (Å²) in [6, 6.07) is 55.3. The zero-order valence-electron chi connectivity index (χ0n) is 45.4. The van der Waals surface area contributed by atoms with Gasteiger partial charge >= 0.3 is 0 Å². The molecule has 0 saturated carbocycles. The molecule has 0 amide bonds. The number of para-hydroxylation sites is 2. The Hall–Kier alpha value is -8.09. The van der Waals surface area contributed by atoms with Gasteiger partial charge in [0.2, 0.25) is 5.43 Å². The molecule has 3 aliphatic heterocycles. The normalized spacial score (nSPS) is 15.1. The van der Waals surface area contributed by atoms with E-state index in [0.717, 1.165) is 39.8 Å². The van der Waals surface area contributed by atoms with Crippen molar-refractivity contribution < 1.29 is 9.15 Å². The topological polar surface area (TPSA) is 47.6 Å². The molecule has 5 heterocycles. The Kier molecular flexibility index (Phi) is 10.1. The van der Waals surface area contributed by atoms with Crippen molar-refractivity contribution in [1.82, 2.24) is 4.57 Å². The SMILES string of the molecule is Cc1cc(C)c2c(c1)c1cc(C)cc(C)c1n2-c1cc2c3c(c1)C(C)c1cc(C(C)C)cc(C(C)C)c1B3c1cc(-c3cccc4c3C(C)(C)c3ccccc3N4c3ccc4oc5ccccc5c(=O)c4c3)ccc1O2. The molecule has 11 aromatic rings. The van der Waals surface area contributed by atoms with Crippen LogP contribution in [-0.4, -0.2) is 11.3 Å². The Morgan fingerprint density at radius 2 is 1.26 bits per heavy atom. The molecule has 0 bridgehead atoms. The minimum Gasteiger partial charge on any atom is -0.458 e. The van der Waals surface area contributed by atoms with Crippen molar-refractivity contribution in [3.63, 3.8) is 0 Å². The molecule has 6 heteroatoms. The van der Waals surface area contributed by atoms with Gasteiger partial charge in [0, 0.05) is 33.9 Å². The third kappa shape index (κ3) is 6.55. The number of ether oxygens (including phenoxy) is 1. The van der Waals surface area contributed by atoms with Gasteiger partial charge in [-0.2, -0.15) is 0 Å². The molecule has 2 aromatic heterocycles. The molecule has 0 N–H and O–H groups in total. The van der Waals surface area contributed by atoms with E-state index in [0.29, 0.717) is 33.8 Å². The predicted molar refractivity (Wildman–Crippen MR) is 319 cm³/mol. The lowest BCUT2D eigenvalue weighted by molar-refractivity contribution is 0.486. The quantitative estimate of drug-likeness (QED) is 0.127. The molecule has 0 saturated heterocycles. The highest BCUT2D eigenvalue weighted by Crippen LogP contribution is 2.55. The van der Waals surface area contributed by atoms with Gasteiger partial charge in [-0.1, -0.05) is 144 Å². The first kappa shape index (κ1) is 46.4. The van der Waals surface area contributed by atoms with E-state index in [2.05, 4.69) is 201 Å². The Bertz CT molecular complexity index is 4350. The minimum atomic E-state index is -0.389. The van der Waals surface area contributed by atoms with Crippen LogP contribution in [0.15, 0.2) is 161 Å². The van der Waals surface area contributed by atoms with Crippen LogP contribution in [0.5, 0.6) is 11.5 Å². The van der Waals surface area contributed by atoms with Crippen molar-refractivity contribution in [3.05, 3.63) is 218 Å². The highest BCUT2D eigenvalue weighted by atomic mass is 16.5. The van der Waals surface area contributed by atoms with E-state index < -0.39 is 0 Å². The summed E-state index contributed by atoms with van der Waals surface area (Å²) in [6.07, 6.45) is 0. The van der Waals surface area contributed by atoms with E-state index in [-0.39, 0.29) is 23.5 Å². The number of anilines is 3. The number of rotatable bonds is 5. The Balaban J connectivity index is 0.994. The largest absolute Gasteiger partial charge is 0.458 e. The van der Waals surface area contributed by atoms with E-state index in [4.69, 9.17) is 9.15 Å². The molecule has 0 fully saturated rings. The first-order chi connectivity index (χ1) is 36.6. The zero-order valence-corrected chi connectivity index (χ0v) is 45.4. The molecule has 0 aliphatic carbocycles. The summed E-state index contributed by atoms with van der Waals surface area (Å²) in [4.78, 5) is 16.5. The number of aromatic nitrogens is 1. The maximum absolute atomic E-state index is 14.1. The summed E-state index contributed by atoms with van der Waals surface area (Å²) in [7, 11) is 0. The van der Waals surface area contributed by atoms with Crippen molar-refractivity contribution in [1.29, 1.82) is 0 Å². The van der Waals surface area contributed by atoms with Crippen LogP contribution < -0.4 is 31.5 Å². The fourth-order valence-corrected chi connectivity index (χ4v) is 14.1. The van der Waals surface area contributed by atoms with Crippen molar-refractivity contribution in [2.24, 2.45) is 0 Å².